The molecule has 0 saturated carbocycles. The highest BCUT2D eigenvalue weighted by Gasteiger charge is 2.09. The van der Waals surface area contributed by atoms with E-state index in [2.05, 4.69) is 5.16 Å². The first kappa shape index (κ1) is 8.14. The van der Waals surface area contributed by atoms with E-state index >= 15 is 0 Å². The van der Waals surface area contributed by atoms with Gasteiger partial charge >= 0.3 is 0 Å². The van der Waals surface area contributed by atoms with Crippen LogP contribution in [0.4, 0.5) is 0 Å². The van der Waals surface area contributed by atoms with Gasteiger partial charge in [0.05, 0.1) is 0 Å². The second kappa shape index (κ2) is 3.22. The van der Waals surface area contributed by atoms with Crippen molar-refractivity contribution in [1.82, 2.24) is 0 Å². The maximum absolute atomic E-state index is 10.5. The predicted molar refractivity (Wildman–Crippen MR) is 34.7 cm³/mol. The van der Waals surface area contributed by atoms with Crippen molar-refractivity contribution in [3.05, 3.63) is 0 Å². The number of nitrogens with zero attached hydrogens (tertiary/aromatic N) is 1. The third-order valence-electron chi connectivity index (χ3n) is 1.02. The van der Waals surface area contributed by atoms with Gasteiger partial charge in [0.25, 0.3) is 0 Å². The van der Waals surface area contributed by atoms with Gasteiger partial charge in [0.2, 0.25) is 0 Å². The molecule has 0 atom stereocenters. The molecular formula is C6H11NO2. The number of carbonyl (C=O) groups excluding carboxylic acids is 1. The molecule has 0 aliphatic heterocycles. The first-order chi connectivity index (χ1) is 4.09. The zero-order valence-corrected chi connectivity index (χ0v) is 5.88. The van der Waals surface area contributed by atoms with Crippen LogP contribution in [-0.4, -0.2) is 16.7 Å². The van der Waals surface area contributed by atoms with E-state index in [1.807, 2.05) is 0 Å². The van der Waals surface area contributed by atoms with Gasteiger partial charge in [0.15, 0.2) is 5.78 Å². The standard InChI is InChI=1S/C6H11NO2/c1-4(2)6(7-9)5(3)8/h4,9H,1-3H3/b7-6+. The number of ketones is 1. The summed E-state index contributed by atoms with van der Waals surface area (Å²) in [6.07, 6.45) is 0. The van der Waals surface area contributed by atoms with Crippen LogP contribution in [0.1, 0.15) is 20.8 Å². The van der Waals surface area contributed by atoms with Gasteiger partial charge < -0.3 is 5.21 Å². The molecule has 3 nitrogen and oxygen atoms in total. The van der Waals surface area contributed by atoms with Crippen molar-refractivity contribution in [3.8, 4) is 0 Å². The fraction of sp³-hybridized carbons (Fsp3) is 0.667. The zero-order valence-electron chi connectivity index (χ0n) is 5.88. The Labute approximate surface area is 54.4 Å². The van der Waals surface area contributed by atoms with Crippen LogP contribution < -0.4 is 0 Å². The first-order valence-corrected chi connectivity index (χ1v) is 2.82. The Bertz CT molecular complexity index is 138. The van der Waals surface area contributed by atoms with Crippen LogP contribution in [0.5, 0.6) is 0 Å². The number of carbonyl (C=O) groups is 1. The quantitative estimate of drug-likeness (QED) is 0.344. The largest absolute Gasteiger partial charge is 0.411 e. The smallest absolute Gasteiger partial charge is 0.177 e. The molecule has 0 aromatic carbocycles. The van der Waals surface area contributed by atoms with Crippen LogP contribution in [0.25, 0.3) is 0 Å². The Kier molecular flexibility index (Phi) is 2.91. The molecule has 52 valence electrons. The first-order valence-electron chi connectivity index (χ1n) is 2.82. The molecule has 0 unspecified atom stereocenters. The summed E-state index contributed by atoms with van der Waals surface area (Å²) in [5, 5.41) is 11.1. The Hall–Kier alpha value is -0.860. The summed E-state index contributed by atoms with van der Waals surface area (Å²) >= 11 is 0. The zero-order chi connectivity index (χ0) is 7.44. The SMILES string of the molecule is CC(=O)/C(=N/O)C(C)C. The highest BCUT2D eigenvalue weighted by molar-refractivity contribution is 6.39. The van der Waals surface area contributed by atoms with Crippen LogP contribution in [0.15, 0.2) is 5.16 Å². The second-order valence-electron chi connectivity index (χ2n) is 2.20. The predicted octanol–water partition coefficient (Wildman–Crippen LogP) is 1.06. The maximum atomic E-state index is 10.5. The third-order valence-corrected chi connectivity index (χ3v) is 1.02. The molecule has 0 amide bonds. The Balaban J connectivity index is 4.19. The molecule has 9 heavy (non-hydrogen) atoms. The van der Waals surface area contributed by atoms with Crippen molar-refractivity contribution in [2.45, 2.75) is 20.8 Å². The van der Waals surface area contributed by atoms with E-state index < -0.39 is 0 Å². The molecule has 0 aliphatic rings. The van der Waals surface area contributed by atoms with Gasteiger partial charge in [-0.2, -0.15) is 0 Å². The molecule has 0 aromatic rings. The van der Waals surface area contributed by atoms with Crippen LogP contribution >= 0.6 is 0 Å². The molecular weight excluding hydrogens is 118 g/mol. The fourth-order valence-corrected chi connectivity index (χ4v) is 0.592. The highest BCUT2D eigenvalue weighted by Crippen LogP contribution is 1.96. The summed E-state index contributed by atoms with van der Waals surface area (Å²) < 4.78 is 0. The van der Waals surface area contributed by atoms with Crippen LogP contribution in [0.2, 0.25) is 0 Å². The molecule has 0 saturated heterocycles. The van der Waals surface area contributed by atoms with Crippen LogP contribution in [0.3, 0.4) is 0 Å². The summed E-state index contributed by atoms with van der Waals surface area (Å²) in [5.41, 5.74) is 0.231. The monoisotopic (exact) mass is 129 g/mol. The Morgan fingerprint density at radius 3 is 2.00 bits per heavy atom. The maximum Gasteiger partial charge on any atom is 0.177 e. The molecule has 0 radical (unpaired) electrons. The summed E-state index contributed by atoms with van der Waals surface area (Å²) in [5.74, 6) is -0.167. The summed E-state index contributed by atoms with van der Waals surface area (Å²) in [6.45, 7) is 4.99. The van der Waals surface area contributed by atoms with Gasteiger partial charge in [0, 0.05) is 12.8 Å². The van der Waals surface area contributed by atoms with Crippen molar-refractivity contribution in [2.75, 3.05) is 0 Å². The average Bonchev–Trinajstić information content (AvgIpc) is 1.64. The molecule has 0 bridgehead atoms. The normalized spacial score (nSPS) is 12.2. The third kappa shape index (κ3) is 2.26. The lowest BCUT2D eigenvalue weighted by Gasteiger charge is -2.00. The number of hydrogen-bond acceptors (Lipinski definition) is 3. The van der Waals surface area contributed by atoms with E-state index in [0.717, 1.165) is 0 Å². The number of rotatable bonds is 2. The molecule has 1 N–H and O–H groups in total. The van der Waals surface area contributed by atoms with Crippen LogP contribution in [-0.2, 0) is 4.79 Å². The van der Waals surface area contributed by atoms with Crippen molar-refractivity contribution < 1.29 is 10.0 Å². The van der Waals surface area contributed by atoms with E-state index in [1.165, 1.54) is 6.92 Å². The van der Waals surface area contributed by atoms with Crippen molar-refractivity contribution in [3.63, 3.8) is 0 Å². The Morgan fingerprint density at radius 1 is 1.56 bits per heavy atom. The highest BCUT2D eigenvalue weighted by atomic mass is 16.4. The fourth-order valence-electron chi connectivity index (χ4n) is 0.592. The van der Waals surface area contributed by atoms with Gasteiger partial charge in [-0.25, -0.2) is 0 Å². The molecule has 0 rings (SSSR count). The van der Waals surface area contributed by atoms with E-state index in [0.29, 0.717) is 0 Å². The summed E-state index contributed by atoms with van der Waals surface area (Å²) in [4.78, 5) is 10.5. The lowest BCUT2D eigenvalue weighted by molar-refractivity contribution is -0.111. The number of Topliss-reactive ketones (excluding diaryl/α,β-unsaturated/α-hetero) is 1. The molecule has 3 heteroatoms. The minimum Gasteiger partial charge on any atom is -0.411 e. The van der Waals surface area contributed by atoms with Gasteiger partial charge in [-0.1, -0.05) is 19.0 Å². The van der Waals surface area contributed by atoms with E-state index in [9.17, 15) is 4.79 Å². The van der Waals surface area contributed by atoms with Crippen molar-refractivity contribution in [1.29, 1.82) is 0 Å². The number of hydrogen-bond donors (Lipinski definition) is 1. The van der Waals surface area contributed by atoms with Crippen molar-refractivity contribution in [2.24, 2.45) is 11.1 Å². The van der Waals surface area contributed by atoms with E-state index in [1.54, 1.807) is 13.8 Å². The molecule has 0 aromatic heterocycles. The van der Waals surface area contributed by atoms with Crippen LogP contribution in [0, 0.1) is 5.92 Å². The van der Waals surface area contributed by atoms with Gasteiger partial charge in [-0.15, -0.1) is 0 Å². The van der Waals surface area contributed by atoms with Crippen molar-refractivity contribution >= 4 is 11.5 Å². The number of oxime groups is 1. The van der Waals surface area contributed by atoms with Gasteiger partial charge in [-0.05, 0) is 0 Å². The molecule has 0 fully saturated rings. The molecule has 0 heterocycles. The van der Waals surface area contributed by atoms with Gasteiger partial charge in [0.1, 0.15) is 5.71 Å². The molecule has 0 spiro atoms. The van der Waals surface area contributed by atoms with E-state index in [-0.39, 0.29) is 17.4 Å². The summed E-state index contributed by atoms with van der Waals surface area (Å²) in [6, 6.07) is 0. The summed E-state index contributed by atoms with van der Waals surface area (Å²) in [7, 11) is 0. The molecule has 0 aliphatic carbocycles. The average molecular weight is 129 g/mol. The Morgan fingerprint density at radius 2 is 2.00 bits per heavy atom. The van der Waals surface area contributed by atoms with Gasteiger partial charge in [-0.3, -0.25) is 4.79 Å². The minimum atomic E-state index is -0.174. The minimum absolute atomic E-state index is 0.00694. The lowest BCUT2D eigenvalue weighted by atomic mass is 10.1. The second-order valence-corrected chi connectivity index (χ2v) is 2.20. The van der Waals surface area contributed by atoms with E-state index in [4.69, 9.17) is 5.21 Å². The topological polar surface area (TPSA) is 49.7 Å². The lowest BCUT2D eigenvalue weighted by Crippen LogP contribution is -2.16.